The van der Waals surface area contributed by atoms with Crippen LogP contribution in [0.5, 0.6) is 0 Å². The zero-order valence-corrected chi connectivity index (χ0v) is 7.74. The first-order valence-electron chi connectivity index (χ1n) is 3.83. The molecule has 0 fully saturated rings. The van der Waals surface area contributed by atoms with Crippen LogP contribution in [0.25, 0.3) is 0 Å². The monoisotopic (exact) mass is 236 g/mol. The Balaban J connectivity index is 5.09. The molecule has 4 N–H and O–H groups in total. The summed E-state index contributed by atoms with van der Waals surface area (Å²) >= 11 is 0. The van der Waals surface area contributed by atoms with Crippen molar-refractivity contribution in [2.75, 3.05) is 0 Å². The molecule has 0 rings (SSSR count). The third kappa shape index (κ3) is 3.12. The van der Waals surface area contributed by atoms with E-state index in [1.807, 2.05) is 0 Å². The number of carboxylic acids is 3. The normalized spacial score (nSPS) is 10.5. The topological polar surface area (TPSA) is 158 Å². The molecule has 0 unspecified atom stereocenters. The minimum absolute atomic E-state index is 0.855. The summed E-state index contributed by atoms with van der Waals surface area (Å²) in [5, 5.41) is 33.7. The molecule has 0 aliphatic rings. The van der Waals surface area contributed by atoms with Crippen molar-refractivity contribution in [1.82, 2.24) is 0 Å². The van der Waals surface area contributed by atoms with Gasteiger partial charge < -0.3 is 25.2 Å². The second-order valence-electron chi connectivity index (χ2n) is 2.70. The van der Waals surface area contributed by atoms with Gasteiger partial charge in [-0.3, -0.25) is 4.79 Å². The first-order chi connectivity index (χ1) is 7.22. The lowest BCUT2D eigenvalue weighted by Gasteiger charge is -2.22. The van der Waals surface area contributed by atoms with Crippen LogP contribution in [0.3, 0.4) is 0 Å². The average Bonchev–Trinajstić information content (AvgIpc) is 2.10. The molecule has 0 heterocycles. The maximum absolute atomic E-state index is 10.6. The van der Waals surface area contributed by atoms with Crippen molar-refractivity contribution in [3.05, 3.63) is 0 Å². The van der Waals surface area contributed by atoms with Crippen molar-refractivity contribution in [1.29, 1.82) is 0 Å². The van der Waals surface area contributed by atoms with Crippen LogP contribution in [0.4, 0.5) is 4.79 Å². The number of hydrogen-bond donors (Lipinski definition) is 4. The highest BCUT2D eigenvalue weighted by molar-refractivity contribution is 6.03. The van der Waals surface area contributed by atoms with Gasteiger partial charge in [0.15, 0.2) is 0 Å². The van der Waals surface area contributed by atoms with Gasteiger partial charge in [-0.05, 0) is 0 Å². The van der Waals surface area contributed by atoms with Crippen LogP contribution in [0.1, 0.15) is 12.8 Å². The average molecular weight is 236 g/mol. The molecule has 0 saturated heterocycles. The van der Waals surface area contributed by atoms with E-state index in [9.17, 15) is 19.2 Å². The highest BCUT2D eigenvalue weighted by Crippen LogP contribution is 2.20. The number of carbonyl (C=O) groups is 4. The van der Waals surface area contributed by atoms with E-state index in [1.54, 1.807) is 0 Å². The molecular formula is C7H8O9. The molecule has 0 saturated carbocycles. The van der Waals surface area contributed by atoms with Crippen LogP contribution in [0, 0.1) is 0 Å². The second kappa shape index (κ2) is 4.96. The van der Waals surface area contributed by atoms with Crippen LogP contribution in [-0.4, -0.2) is 50.1 Å². The lowest BCUT2D eigenvalue weighted by molar-refractivity contribution is -0.179. The summed E-state index contributed by atoms with van der Waals surface area (Å²) in [4.78, 5) is 41.7. The van der Waals surface area contributed by atoms with E-state index < -0.39 is 42.5 Å². The van der Waals surface area contributed by atoms with Crippen LogP contribution in [0.15, 0.2) is 0 Å². The van der Waals surface area contributed by atoms with E-state index >= 15 is 0 Å². The Morgan fingerprint density at radius 1 is 0.938 bits per heavy atom. The maximum Gasteiger partial charge on any atom is 0.507 e. The molecule has 0 radical (unpaired) electrons. The Kier molecular flexibility index (Phi) is 4.24. The predicted molar refractivity (Wildman–Crippen MR) is 44.0 cm³/mol. The van der Waals surface area contributed by atoms with Crippen LogP contribution < -0.4 is 0 Å². The minimum Gasteiger partial charge on any atom is -0.481 e. The van der Waals surface area contributed by atoms with Gasteiger partial charge in [0.05, 0.1) is 6.42 Å². The fourth-order valence-electron chi connectivity index (χ4n) is 0.876. The van der Waals surface area contributed by atoms with Gasteiger partial charge in [0.2, 0.25) is 0 Å². The summed E-state index contributed by atoms with van der Waals surface area (Å²) in [6, 6.07) is 0. The van der Waals surface area contributed by atoms with Crippen molar-refractivity contribution < 1.29 is 44.3 Å². The molecule has 0 aromatic heterocycles. The van der Waals surface area contributed by atoms with Gasteiger partial charge in [0, 0.05) is 6.42 Å². The van der Waals surface area contributed by atoms with Crippen LogP contribution >= 0.6 is 0 Å². The number of hydrogen-bond acceptors (Lipinski definition) is 5. The summed E-state index contributed by atoms with van der Waals surface area (Å²) in [5.41, 5.74) is -3.09. The lowest BCUT2D eigenvalue weighted by atomic mass is 9.98. The third-order valence-electron chi connectivity index (χ3n) is 1.64. The summed E-state index contributed by atoms with van der Waals surface area (Å²) in [7, 11) is 0. The number of ether oxygens (including phenoxy) is 1. The van der Waals surface area contributed by atoms with Gasteiger partial charge >= 0.3 is 29.7 Å². The zero-order valence-electron chi connectivity index (χ0n) is 7.74. The van der Waals surface area contributed by atoms with Crippen LogP contribution in [0.2, 0.25) is 0 Å². The zero-order chi connectivity index (χ0) is 12.9. The van der Waals surface area contributed by atoms with Gasteiger partial charge in [-0.2, -0.15) is 0 Å². The van der Waals surface area contributed by atoms with Gasteiger partial charge in [-0.25, -0.2) is 14.4 Å². The quantitative estimate of drug-likeness (QED) is 0.350. The molecular weight excluding hydrogens is 228 g/mol. The first-order valence-corrected chi connectivity index (χ1v) is 3.83. The first kappa shape index (κ1) is 13.7. The summed E-state index contributed by atoms with van der Waals surface area (Å²) in [6.45, 7) is 0. The van der Waals surface area contributed by atoms with E-state index in [1.165, 1.54) is 0 Å². The van der Waals surface area contributed by atoms with Crippen molar-refractivity contribution in [3.8, 4) is 0 Å². The number of aliphatic carboxylic acids is 3. The Morgan fingerprint density at radius 2 is 1.38 bits per heavy atom. The predicted octanol–water partition coefficient (Wildman–Crippen LogP) is -0.546. The lowest BCUT2D eigenvalue weighted by Crippen LogP contribution is -2.50. The molecule has 0 spiro atoms. The maximum atomic E-state index is 10.6. The van der Waals surface area contributed by atoms with Crippen molar-refractivity contribution in [3.63, 3.8) is 0 Å². The molecule has 0 amide bonds. The van der Waals surface area contributed by atoms with Crippen LogP contribution in [-0.2, 0) is 19.1 Å². The van der Waals surface area contributed by atoms with E-state index in [0.717, 1.165) is 0 Å². The van der Waals surface area contributed by atoms with Crippen molar-refractivity contribution in [2.24, 2.45) is 0 Å². The van der Waals surface area contributed by atoms with Gasteiger partial charge in [0.1, 0.15) is 0 Å². The van der Waals surface area contributed by atoms with Crippen molar-refractivity contribution >= 4 is 24.1 Å². The standard InChI is InChI=1S/C7H8O9/c8-3(9)1-2-7(4(10)11,5(12)13)16-6(14)15/h1-2H2,(H,8,9)(H,10,11)(H,12,13)(H,14,15). The molecule has 0 aliphatic carbocycles. The SMILES string of the molecule is O=C(O)CCC(OC(=O)O)(C(=O)O)C(=O)O. The summed E-state index contributed by atoms with van der Waals surface area (Å²) in [5.74, 6) is -5.63. The third-order valence-corrected chi connectivity index (χ3v) is 1.64. The second-order valence-corrected chi connectivity index (χ2v) is 2.70. The van der Waals surface area contributed by atoms with Gasteiger partial charge in [-0.1, -0.05) is 0 Å². The highest BCUT2D eigenvalue weighted by atomic mass is 16.7. The smallest absolute Gasteiger partial charge is 0.481 e. The Hall–Kier alpha value is -2.32. The fraction of sp³-hybridized carbons (Fsp3) is 0.429. The molecule has 0 atom stereocenters. The minimum atomic E-state index is -3.09. The molecule has 9 heteroatoms. The van der Waals surface area contributed by atoms with E-state index in [2.05, 4.69) is 4.74 Å². The fourth-order valence-corrected chi connectivity index (χ4v) is 0.876. The molecule has 0 bridgehead atoms. The number of carboxylic acid groups (broad SMARTS) is 4. The largest absolute Gasteiger partial charge is 0.507 e. The molecule has 9 nitrogen and oxygen atoms in total. The summed E-state index contributed by atoms with van der Waals surface area (Å²) in [6.07, 6.45) is -3.97. The van der Waals surface area contributed by atoms with Gasteiger partial charge in [0.25, 0.3) is 0 Å². The Labute approximate surface area is 87.9 Å². The molecule has 16 heavy (non-hydrogen) atoms. The molecule has 0 aliphatic heterocycles. The van der Waals surface area contributed by atoms with E-state index in [-0.39, 0.29) is 0 Å². The molecule has 90 valence electrons. The Morgan fingerprint density at radius 3 is 1.62 bits per heavy atom. The highest BCUT2D eigenvalue weighted by Gasteiger charge is 2.51. The van der Waals surface area contributed by atoms with E-state index in [0.29, 0.717) is 0 Å². The van der Waals surface area contributed by atoms with Crippen molar-refractivity contribution in [2.45, 2.75) is 18.4 Å². The Bertz CT molecular complexity index is 317. The summed E-state index contributed by atoms with van der Waals surface area (Å²) < 4.78 is 3.77. The van der Waals surface area contributed by atoms with E-state index in [4.69, 9.17) is 20.4 Å². The molecule has 0 aromatic carbocycles. The van der Waals surface area contributed by atoms with Gasteiger partial charge in [-0.15, -0.1) is 0 Å². The molecule has 0 aromatic rings. The number of rotatable bonds is 6.